The summed E-state index contributed by atoms with van der Waals surface area (Å²) in [5.41, 5.74) is 5.89. The molecule has 1 aromatic carbocycles. The molecule has 0 saturated heterocycles. The summed E-state index contributed by atoms with van der Waals surface area (Å²) in [4.78, 5) is 0. The molecule has 0 radical (unpaired) electrons. The highest BCUT2D eigenvalue weighted by Gasteiger charge is 2.06. The topological polar surface area (TPSA) is 69.4 Å². The predicted octanol–water partition coefficient (Wildman–Crippen LogP) is 1.61. The fraction of sp³-hybridized carbons (Fsp3) is 0.538. The van der Waals surface area contributed by atoms with Gasteiger partial charge in [-0.1, -0.05) is 18.2 Å². The minimum absolute atomic E-state index is 0.00420. The Morgan fingerprint density at radius 2 is 1.89 bits per heavy atom. The van der Waals surface area contributed by atoms with Crippen LogP contribution in [0.5, 0.6) is 5.75 Å². The van der Waals surface area contributed by atoms with Crippen LogP contribution in [-0.2, 0) is 9.84 Å². The summed E-state index contributed by atoms with van der Waals surface area (Å²) >= 11 is 0. The van der Waals surface area contributed by atoms with E-state index in [-0.39, 0.29) is 11.8 Å². The minimum Gasteiger partial charge on any atom is -0.494 e. The molecule has 0 aromatic heterocycles. The maximum atomic E-state index is 10.9. The van der Waals surface area contributed by atoms with Crippen molar-refractivity contribution in [2.24, 2.45) is 5.73 Å². The Morgan fingerprint density at radius 3 is 2.50 bits per heavy atom. The standard InChI is InChI=1S/C13H21NO3S/c1-18(15,16)11-5-6-12(14)9-10-17-13-7-3-2-4-8-13/h2-4,7-8,12H,5-6,9-11,14H2,1H3. The molecular formula is C13H21NO3S. The van der Waals surface area contributed by atoms with Crippen LogP contribution in [0.1, 0.15) is 19.3 Å². The second-order valence-electron chi connectivity index (χ2n) is 4.48. The Balaban J connectivity index is 2.12. The molecular weight excluding hydrogens is 250 g/mol. The number of hydrogen-bond acceptors (Lipinski definition) is 4. The van der Waals surface area contributed by atoms with Gasteiger partial charge in [0.2, 0.25) is 0 Å². The molecule has 102 valence electrons. The van der Waals surface area contributed by atoms with Gasteiger partial charge in [-0.05, 0) is 31.4 Å². The van der Waals surface area contributed by atoms with Crippen molar-refractivity contribution in [1.29, 1.82) is 0 Å². The third-order valence-electron chi connectivity index (χ3n) is 2.59. The number of sulfone groups is 1. The van der Waals surface area contributed by atoms with Crippen LogP contribution in [0.15, 0.2) is 30.3 Å². The van der Waals surface area contributed by atoms with Gasteiger partial charge in [0.1, 0.15) is 15.6 Å². The Hall–Kier alpha value is -1.07. The summed E-state index contributed by atoms with van der Waals surface area (Å²) in [6.45, 7) is 0.560. The van der Waals surface area contributed by atoms with E-state index in [0.717, 1.165) is 12.2 Å². The lowest BCUT2D eigenvalue weighted by Gasteiger charge is -2.12. The molecule has 2 N–H and O–H groups in total. The minimum atomic E-state index is -2.87. The van der Waals surface area contributed by atoms with Crippen molar-refractivity contribution < 1.29 is 13.2 Å². The number of hydrogen-bond donors (Lipinski definition) is 1. The summed E-state index contributed by atoms with van der Waals surface area (Å²) < 4.78 is 27.4. The number of rotatable bonds is 8. The Labute approximate surface area is 109 Å². The van der Waals surface area contributed by atoms with Crippen molar-refractivity contribution in [2.45, 2.75) is 25.3 Å². The number of benzene rings is 1. The number of para-hydroxylation sites is 1. The van der Waals surface area contributed by atoms with Gasteiger partial charge in [-0.2, -0.15) is 0 Å². The average Bonchev–Trinajstić information content (AvgIpc) is 2.28. The van der Waals surface area contributed by atoms with E-state index in [1.165, 1.54) is 6.26 Å². The lowest BCUT2D eigenvalue weighted by Crippen LogP contribution is -2.23. The fourth-order valence-electron chi connectivity index (χ4n) is 1.60. The molecule has 1 unspecified atom stereocenters. The average molecular weight is 271 g/mol. The van der Waals surface area contributed by atoms with E-state index in [2.05, 4.69) is 0 Å². The molecule has 0 spiro atoms. The molecule has 0 saturated carbocycles. The molecule has 5 heteroatoms. The van der Waals surface area contributed by atoms with Gasteiger partial charge in [0, 0.05) is 18.1 Å². The lowest BCUT2D eigenvalue weighted by atomic mass is 10.1. The van der Waals surface area contributed by atoms with Gasteiger partial charge in [-0.3, -0.25) is 0 Å². The van der Waals surface area contributed by atoms with Gasteiger partial charge in [-0.15, -0.1) is 0 Å². The van der Waals surface area contributed by atoms with Gasteiger partial charge < -0.3 is 10.5 Å². The highest BCUT2D eigenvalue weighted by Crippen LogP contribution is 2.09. The molecule has 0 amide bonds. The van der Waals surface area contributed by atoms with Gasteiger partial charge in [0.05, 0.1) is 6.61 Å². The van der Waals surface area contributed by atoms with Crippen molar-refractivity contribution in [1.82, 2.24) is 0 Å². The van der Waals surface area contributed by atoms with Crippen LogP contribution in [0.2, 0.25) is 0 Å². The maximum absolute atomic E-state index is 10.9. The van der Waals surface area contributed by atoms with Crippen LogP contribution in [0, 0.1) is 0 Å². The zero-order valence-corrected chi connectivity index (χ0v) is 11.5. The Morgan fingerprint density at radius 1 is 1.22 bits per heavy atom. The molecule has 1 atom stereocenters. The number of ether oxygens (including phenoxy) is 1. The second kappa shape index (κ2) is 7.38. The molecule has 1 rings (SSSR count). The largest absolute Gasteiger partial charge is 0.494 e. The summed E-state index contributed by atoms with van der Waals surface area (Å²) in [6.07, 6.45) is 3.31. The fourth-order valence-corrected chi connectivity index (χ4v) is 2.29. The van der Waals surface area contributed by atoms with Crippen LogP contribution in [0.3, 0.4) is 0 Å². The zero-order chi connectivity index (χ0) is 13.4. The van der Waals surface area contributed by atoms with E-state index >= 15 is 0 Å². The summed E-state index contributed by atoms with van der Waals surface area (Å²) in [6, 6.07) is 9.56. The smallest absolute Gasteiger partial charge is 0.147 e. The quantitative estimate of drug-likeness (QED) is 0.780. The normalized spacial score (nSPS) is 13.2. The van der Waals surface area contributed by atoms with Gasteiger partial charge >= 0.3 is 0 Å². The van der Waals surface area contributed by atoms with Gasteiger partial charge in [0.25, 0.3) is 0 Å². The van der Waals surface area contributed by atoms with Gasteiger partial charge in [-0.25, -0.2) is 8.42 Å². The van der Waals surface area contributed by atoms with E-state index < -0.39 is 9.84 Å². The first-order valence-electron chi connectivity index (χ1n) is 6.08. The molecule has 0 aliphatic rings. The molecule has 18 heavy (non-hydrogen) atoms. The van der Waals surface area contributed by atoms with Crippen LogP contribution in [-0.4, -0.2) is 33.1 Å². The molecule has 1 aromatic rings. The number of nitrogens with two attached hydrogens (primary N) is 1. The third kappa shape index (κ3) is 7.29. The van der Waals surface area contributed by atoms with Gasteiger partial charge in [0.15, 0.2) is 0 Å². The van der Waals surface area contributed by atoms with Crippen LogP contribution in [0.4, 0.5) is 0 Å². The lowest BCUT2D eigenvalue weighted by molar-refractivity contribution is 0.294. The van der Waals surface area contributed by atoms with Crippen molar-refractivity contribution in [3.63, 3.8) is 0 Å². The van der Waals surface area contributed by atoms with Crippen molar-refractivity contribution in [2.75, 3.05) is 18.6 Å². The predicted molar refractivity (Wildman–Crippen MR) is 73.5 cm³/mol. The van der Waals surface area contributed by atoms with E-state index in [9.17, 15) is 8.42 Å². The first kappa shape index (κ1) is 15.0. The van der Waals surface area contributed by atoms with Crippen LogP contribution in [0.25, 0.3) is 0 Å². The molecule has 0 heterocycles. The van der Waals surface area contributed by atoms with Crippen molar-refractivity contribution in [3.8, 4) is 5.75 Å². The Kier molecular flexibility index (Phi) is 6.15. The molecule has 0 aliphatic heterocycles. The first-order valence-corrected chi connectivity index (χ1v) is 8.14. The van der Waals surface area contributed by atoms with E-state index in [0.29, 0.717) is 19.4 Å². The van der Waals surface area contributed by atoms with E-state index in [1.54, 1.807) is 0 Å². The first-order chi connectivity index (χ1) is 8.47. The summed E-state index contributed by atoms with van der Waals surface area (Å²) in [7, 11) is -2.87. The summed E-state index contributed by atoms with van der Waals surface area (Å²) in [5.74, 6) is 1.04. The molecule has 0 aliphatic carbocycles. The molecule has 0 fully saturated rings. The van der Waals surface area contributed by atoms with Crippen LogP contribution >= 0.6 is 0 Å². The van der Waals surface area contributed by atoms with E-state index in [1.807, 2.05) is 30.3 Å². The maximum Gasteiger partial charge on any atom is 0.147 e. The second-order valence-corrected chi connectivity index (χ2v) is 6.74. The highest BCUT2D eigenvalue weighted by atomic mass is 32.2. The summed E-state index contributed by atoms with van der Waals surface area (Å²) in [5, 5.41) is 0. The van der Waals surface area contributed by atoms with E-state index in [4.69, 9.17) is 10.5 Å². The highest BCUT2D eigenvalue weighted by molar-refractivity contribution is 7.90. The monoisotopic (exact) mass is 271 g/mol. The zero-order valence-electron chi connectivity index (χ0n) is 10.7. The Bertz CT molecular complexity index is 431. The SMILES string of the molecule is CS(=O)(=O)CCCC(N)CCOc1ccccc1. The molecule has 0 bridgehead atoms. The van der Waals surface area contributed by atoms with Crippen molar-refractivity contribution in [3.05, 3.63) is 30.3 Å². The molecule has 4 nitrogen and oxygen atoms in total. The third-order valence-corrected chi connectivity index (χ3v) is 3.62. The van der Waals surface area contributed by atoms with Crippen molar-refractivity contribution >= 4 is 9.84 Å². The van der Waals surface area contributed by atoms with Crippen LogP contribution < -0.4 is 10.5 Å².